The van der Waals surface area contributed by atoms with Gasteiger partial charge in [-0.15, -0.1) is 0 Å². The number of aromatic amines is 1. The van der Waals surface area contributed by atoms with Crippen molar-refractivity contribution in [1.82, 2.24) is 9.97 Å². The molecule has 0 aliphatic rings. The van der Waals surface area contributed by atoms with Gasteiger partial charge in [-0.05, 0) is 18.8 Å². The molecule has 3 N–H and O–H groups in total. The third-order valence-corrected chi connectivity index (χ3v) is 2.49. The highest BCUT2D eigenvalue weighted by Crippen LogP contribution is 2.14. The second kappa shape index (κ2) is 6.90. The first-order valence-electron chi connectivity index (χ1n) is 5.65. The van der Waals surface area contributed by atoms with E-state index in [0.29, 0.717) is 18.3 Å². The highest BCUT2D eigenvalue weighted by atomic mass is 16.5. The molecule has 1 aromatic rings. The first-order valence-corrected chi connectivity index (χ1v) is 5.65. The van der Waals surface area contributed by atoms with Gasteiger partial charge in [0.15, 0.2) is 5.82 Å². The Morgan fingerprint density at radius 2 is 2.41 bits per heavy atom. The number of aliphatic hydroxyl groups excluding tert-OH is 1. The highest BCUT2D eigenvalue weighted by Gasteiger charge is 2.08. The average molecular weight is 241 g/mol. The Balaban J connectivity index is 2.47. The fourth-order valence-corrected chi connectivity index (χ4v) is 1.45. The standard InChI is InChI=1S/C11H19N3O3/c1-8(6-15)4-3-5-12-10-9(17-2)11(16)14-7-13-10/h7-8,15H,3-6H2,1-2H3,(H2,12,13,14,16). The lowest BCUT2D eigenvalue weighted by atomic mass is 10.1. The van der Waals surface area contributed by atoms with Crippen molar-refractivity contribution in [3.8, 4) is 5.75 Å². The molecule has 0 fully saturated rings. The van der Waals surface area contributed by atoms with Gasteiger partial charge in [0.2, 0.25) is 5.75 Å². The second-order valence-electron chi connectivity index (χ2n) is 3.97. The number of nitrogens with one attached hydrogen (secondary N) is 2. The minimum Gasteiger partial charge on any atom is -0.489 e. The van der Waals surface area contributed by atoms with Crippen molar-refractivity contribution in [3.05, 3.63) is 16.7 Å². The number of ether oxygens (including phenoxy) is 1. The van der Waals surface area contributed by atoms with Gasteiger partial charge >= 0.3 is 0 Å². The second-order valence-corrected chi connectivity index (χ2v) is 3.97. The van der Waals surface area contributed by atoms with Gasteiger partial charge in [-0.25, -0.2) is 4.98 Å². The lowest BCUT2D eigenvalue weighted by Crippen LogP contribution is -2.15. The number of methoxy groups -OCH3 is 1. The quantitative estimate of drug-likeness (QED) is 0.608. The van der Waals surface area contributed by atoms with Crippen LogP contribution >= 0.6 is 0 Å². The smallest absolute Gasteiger partial charge is 0.295 e. The molecule has 6 heteroatoms. The van der Waals surface area contributed by atoms with Gasteiger partial charge in [-0.1, -0.05) is 6.92 Å². The summed E-state index contributed by atoms with van der Waals surface area (Å²) in [6.07, 6.45) is 3.16. The molecule has 1 rings (SSSR count). The van der Waals surface area contributed by atoms with E-state index >= 15 is 0 Å². The summed E-state index contributed by atoms with van der Waals surface area (Å²) in [5.41, 5.74) is -0.297. The number of aromatic nitrogens is 2. The maximum absolute atomic E-state index is 11.4. The molecule has 17 heavy (non-hydrogen) atoms. The monoisotopic (exact) mass is 241 g/mol. The maximum atomic E-state index is 11.4. The number of anilines is 1. The number of rotatable bonds is 7. The zero-order valence-corrected chi connectivity index (χ0v) is 10.2. The van der Waals surface area contributed by atoms with E-state index in [1.54, 1.807) is 0 Å². The minimum absolute atomic E-state index is 0.197. The van der Waals surface area contributed by atoms with Gasteiger partial charge < -0.3 is 20.1 Å². The summed E-state index contributed by atoms with van der Waals surface area (Å²) in [5, 5.41) is 11.9. The van der Waals surface area contributed by atoms with E-state index in [2.05, 4.69) is 15.3 Å². The highest BCUT2D eigenvalue weighted by molar-refractivity contribution is 5.47. The molecular weight excluding hydrogens is 222 g/mol. The molecule has 0 amide bonds. The van der Waals surface area contributed by atoms with Crippen LogP contribution in [0.3, 0.4) is 0 Å². The number of hydrogen-bond donors (Lipinski definition) is 3. The van der Waals surface area contributed by atoms with Gasteiger partial charge in [-0.3, -0.25) is 4.79 Å². The Kier molecular flexibility index (Phi) is 5.48. The number of aliphatic hydroxyl groups is 1. The van der Waals surface area contributed by atoms with E-state index < -0.39 is 0 Å². The van der Waals surface area contributed by atoms with E-state index in [-0.39, 0.29) is 17.9 Å². The van der Waals surface area contributed by atoms with Gasteiger partial charge in [0.05, 0.1) is 13.4 Å². The van der Waals surface area contributed by atoms with Gasteiger partial charge in [0.1, 0.15) is 0 Å². The van der Waals surface area contributed by atoms with Crippen molar-refractivity contribution in [1.29, 1.82) is 0 Å². The van der Waals surface area contributed by atoms with Crippen LogP contribution < -0.4 is 15.6 Å². The molecule has 6 nitrogen and oxygen atoms in total. The van der Waals surface area contributed by atoms with Gasteiger partial charge in [-0.2, -0.15) is 0 Å². The molecule has 0 bridgehead atoms. The third-order valence-electron chi connectivity index (χ3n) is 2.49. The van der Waals surface area contributed by atoms with Crippen LogP contribution in [0.5, 0.6) is 5.75 Å². The molecule has 0 aliphatic heterocycles. The molecule has 1 atom stereocenters. The molecule has 1 heterocycles. The summed E-state index contributed by atoms with van der Waals surface area (Å²) in [6, 6.07) is 0. The summed E-state index contributed by atoms with van der Waals surface area (Å²) in [5.74, 6) is 0.946. The van der Waals surface area contributed by atoms with E-state index in [4.69, 9.17) is 9.84 Å². The zero-order chi connectivity index (χ0) is 12.7. The largest absolute Gasteiger partial charge is 0.489 e. The average Bonchev–Trinajstić information content (AvgIpc) is 2.34. The predicted molar refractivity (Wildman–Crippen MR) is 65.4 cm³/mol. The van der Waals surface area contributed by atoms with Gasteiger partial charge in [0.25, 0.3) is 5.56 Å². The topological polar surface area (TPSA) is 87.2 Å². The van der Waals surface area contributed by atoms with E-state index in [0.717, 1.165) is 12.8 Å². The van der Waals surface area contributed by atoms with Crippen LogP contribution in [-0.2, 0) is 0 Å². The van der Waals surface area contributed by atoms with Crippen molar-refractivity contribution < 1.29 is 9.84 Å². The van der Waals surface area contributed by atoms with Crippen LogP contribution in [0.2, 0.25) is 0 Å². The van der Waals surface area contributed by atoms with Crippen LogP contribution in [0.25, 0.3) is 0 Å². The summed E-state index contributed by atoms with van der Waals surface area (Å²) in [6.45, 7) is 2.88. The van der Waals surface area contributed by atoms with Gasteiger partial charge in [0, 0.05) is 13.2 Å². The molecule has 0 spiro atoms. The molecular formula is C11H19N3O3. The number of hydrogen-bond acceptors (Lipinski definition) is 5. The third kappa shape index (κ3) is 4.07. The predicted octanol–water partition coefficient (Wildman–Crippen LogP) is 0.599. The normalized spacial score (nSPS) is 12.2. The van der Waals surface area contributed by atoms with E-state index in [9.17, 15) is 4.79 Å². The van der Waals surface area contributed by atoms with Crippen LogP contribution in [-0.4, -0.2) is 35.3 Å². The lowest BCUT2D eigenvalue weighted by Gasteiger charge is -2.10. The van der Waals surface area contributed by atoms with Crippen molar-refractivity contribution in [2.45, 2.75) is 19.8 Å². The fourth-order valence-electron chi connectivity index (χ4n) is 1.45. The van der Waals surface area contributed by atoms with Crippen molar-refractivity contribution in [2.75, 3.05) is 25.6 Å². The first kappa shape index (κ1) is 13.5. The van der Waals surface area contributed by atoms with Crippen LogP contribution in [0, 0.1) is 5.92 Å². The molecule has 0 aliphatic carbocycles. The Hall–Kier alpha value is -1.56. The summed E-state index contributed by atoms with van der Waals surface area (Å²) >= 11 is 0. The zero-order valence-electron chi connectivity index (χ0n) is 10.2. The molecule has 1 unspecified atom stereocenters. The summed E-state index contributed by atoms with van der Waals surface area (Å²) < 4.78 is 4.97. The van der Waals surface area contributed by atoms with E-state index in [1.165, 1.54) is 13.4 Å². The van der Waals surface area contributed by atoms with Crippen LogP contribution in [0.15, 0.2) is 11.1 Å². The molecule has 0 saturated heterocycles. The molecule has 1 aromatic heterocycles. The van der Waals surface area contributed by atoms with Crippen molar-refractivity contribution in [3.63, 3.8) is 0 Å². The van der Waals surface area contributed by atoms with Crippen LogP contribution in [0.4, 0.5) is 5.82 Å². The Labute approximate surface area is 100 Å². The molecule has 0 saturated carbocycles. The molecule has 0 aromatic carbocycles. The molecule has 96 valence electrons. The lowest BCUT2D eigenvalue weighted by molar-refractivity contribution is 0.229. The maximum Gasteiger partial charge on any atom is 0.295 e. The minimum atomic E-state index is -0.297. The van der Waals surface area contributed by atoms with Crippen LogP contribution in [0.1, 0.15) is 19.8 Å². The van der Waals surface area contributed by atoms with Crippen molar-refractivity contribution >= 4 is 5.82 Å². The summed E-state index contributed by atoms with van der Waals surface area (Å²) in [7, 11) is 1.44. The SMILES string of the molecule is COc1c(NCCCC(C)CO)nc[nH]c1=O. The fraction of sp³-hybridized carbons (Fsp3) is 0.636. The van der Waals surface area contributed by atoms with Crippen molar-refractivity contribution in [2.24, 2.45) is 5.92 Å². The Morgan fingerprint density at radius 3 is 3.06 bits per heavy atom. The Bertz CT molecular complexity index is 392. The summed E-state index contributed by atoms with van der Waals surface area (Å²) in [4.78, 5) is 17.8. The van der Waals surface area contributed by atoms with E-state index in [1.807, 2.05) is 6.92 Å². The number of nitrogens with zero attached hydrogens (tertiary/aromatic N) is 1. The Morgan fingerprint density at radius 1 is 1.65 bits per heavy atom. The number of H-pyrrole nitrogens is 1. The first-order chi connectivity index (χ1) is 8.19. The molecule has 0 radical (unpaired) electrons.